The lowest BCUT2D eigenvalue weighted by molar-refractivity contribution is -0.132. The predicted molar refractivity (Wildman–Crippen MR) is 83.9 cm³/mol. The molecular formula is C15H25ClN2O2. The van der Waals surface area contributed by atoms with E-state index >= 15 is 0 Å². The van der Waals surface area contributed by atoms with Crippen LogP contribution in [0.15, 0.2) is 30.3 Å². The monoisotopic (exact) mass is 300 g/mol. The smallest absolute Gasteiger partial charge is 0.250 e. The molecule has 0 fully saturated rings. The lowest BCUT2D eigenvalue weighted by Crippen LogP contribution is -2.53. The normalized spacial score (nSPS) is 14.1. The van der Waals surface area contributed by atoms with Gasteiger partial charge in [0.05, 0.1) is 0 Å². The molecule has 0 spiro atoms. The number of carbonyl (C=O) groups is 1. The van der Waals surface area contributed by atoms with Gasteiger partial charge in [-0.1, -0.05) is 37.3 Å². The Hall–Kier alpha value is -1.10. The Kier molecular flexibility index (Phi) is 7.79. The van der Waals surface area contributed by atoms with Gasteiger partial charge in [-0.15, -0.1) is 12.4 Å². The Bertz CT molecular complexity index is 410. The lowest BCUT2D eigenvalue weighted by atomic mass is 9.98. The highest BCUT2D eigenvalue weighted by molar-refractivity contribution is 5.85. The van der Waals surface area contributed by atoms with E-state index < -0.39 is 18.1 Å². The SMILES string of the molecule is CCC(C)(C)NC(=O)C(O)[C@@H](N)Cc1ccccc1.Cl. The number of aliphatic hydroxyl groups is 1. The lowest BCUT2D eigenvalue weighted by Gasteiger charge is -2.27. The van der Waals surface area contributed by atoms with Crippen molar-refractivity contribution in [3.63, 3.8) is 0 Å². The Morgan fingerprint density at radius 2 is 1.90 bits per heavy atom. The average molecular weight is 301 g/mol. The standard InChI is InChI=1S/C15H24N2O2.ClH/c1-4-15(2,3)17-14(19)13(18)12(16)10-11-8-6-5-7-9-11;/h5-9,12-13,18H,4,10,16H2,1-3H3,(H,17,19);1H/t12-,13?;/m0./s1. The van der Waals surface area contributed by atoms with E-state index in [9.17, 15) is 9.90 Å². The molecule has 4 nitrogen and oxygen atoms in total. The molecule has 0 aliphatic rings. The van der Waals surface area contributed by atoms with E-state index in [0.717, 1.165) is 12.0 Å². The molecule has 0 aliphatic heterocycles. The minimum absolute atomic E-state index is 0. The summed E-state index contributed by atoms with van der Waals surface area (Å²) in [6.07, 6.45) is 0.0764. The third kappa shape index (κ3) is 5.90. The first-order chi connectivity index (χ1) is 8.85. The maximum absolute atomic E-state index is 11.9. The van der Waals surface area contributed by atoms with Crippen LogP contribution < -0.4 is 11.1 Å². The van der Waals surface area contributed by atoms with Crippen molar-refractivity contribution in [1.82, 2.24) is 5.32 Å². The number of hydrogen-bond acceptors (Lipinski definition) is 3. The van der Waals surface area contributed by atoms with Gasteiger partial charge in [-0.2, -0.15) is 0 Å². The number of rotatable bonds is 6. The van der Waals surface area contributed by atoms with Crippen LogP contribution in [0.2, 0.25) is 0 Å². The Morgan fingerprint density at radius 3 is 2.40 bits per heavy atom. The van der Waals surface area contributed by atoms with Gasteiger partial charge in [0.25, 0.3) is 5.91 Å². The third-order valence-corrected chi connectivity index (χ3v) is 3.33. The largest absolute Gasteiger partial charge is 0.382 e. The fourth-order valence-corrected chi connectivity index (χ4v) is 1.69. The summed E-state index contributed by atoms with van der Waals surface area (Å²) in [4.78, 5) is 11.9. The highest BCUT2D eigenvalue weighted by Gasteiger charge is 2.27. The van der Waals surface area contributed by atoms with Crippen LogP contribution in [0.1, 0.15) is 32.8 Å². The van der Waals surface area contributed by atoms with Crippen molar-refractivity contribution in [1.29, 1.82) is 0 Å². The molecule has 0 saturated heterocycles. The molecule has 0 radical (unpaired) electrons. The second-order valence-corrected chi connectivity index (χ2v) is 5.53. The summed E-state index contributed by atoms with van der Waals surface area (Å²) in [7, 11) is 0. The molecule has 1 aromatic rings. The molecule has 1 amide bonds. The topological polar surface area (TPSA) is 75.3 Å². The predicted octanol–water partition coefficient (Wildman–Crippen LogP) is 1.64. The van der Waals surface area contributed by atoms with E-state index in [2.05, 4.69) is 5.32 Å². The average Bonchev–Trinajstić information content (AvgIpc) is 2.38. The summed E-state index contributed by atoms with van der Waals surface area (Å²) in [5, 5.41) is 12.8. The fourth-order valence-electron chi connectivity index (χ4n) is 1.69. The molecule has 1 unspecified atom stereocenters. The van der Waals surface area contributed by atoms with Gasteiger partial charge in [0, 0.05) is 11.6 Å². The van der Waals surface area contributed by atoms with Crippen molar-refractivity contribution in [3.8, 4) is 0 Å². The van der Waals surface area contributed by atoms with Crippen molar-refractivity contribution < 1.29 is 9.90 Å². The van der Waals surface area contributed by atoms with Crippen LogP contribution >= 0.6 is 12.4 Å². The molecule has 0 heterocycles. The summed E-state index contributed by atoms with van der Waals surface area (Å²) < 4.78 is 0. The minimum atomic E-state index is -1.19. The van der Waals surface area contributed by atoms with Crippen LogP contribution in [0, 0.1) is 0 Å². The van der Waals surface area contributed by atoms with E-state index in [1.807, 2.05) is 51.1 Å². The summed E-state index contributed by atoms with van der Waals surface area (Å²) >= 11 is 0. The van der Waals surface area contributed by atoms with Gasteiger partial charge >= 0.3 is 0 Å². The second kappa shape index (κ2) is 8.25. The first kappa shape index (κ1) is 18.9. The maximum atomic E-state index is 11.9. The molecule has 5 heteroatoms. The number of aliphatic hydroxyl groups excluding tert-OH is 1. The quantitative estimate of drug-likeness (QED) is 0.747. The van der Waals surface area contributed by atoms with E-state index in [1.54, 1.807) is 0 Å². The molecule has 20 heavy (non-hydrogen) atoms. The maximum Gasteiger partial charge on any atom is 0.250 e. The molecule has 0 aromatic heterocycles. The van der Waals surface area contributed by atoms with Gasteiger partial charge in [0.15, 0.2) is 0 Å². The van der Waals surface area contributed by atoms with Crippen LogP contribution in [-0.2, 0) is 11.2 Å². The van der Waals surface area contributed by atoms with Crippen LogP contribution in [0.5, 0.6) is 0 Å². The van der Waals surface area contributed by atoms with E-state index in [0.29, 0.717) is 6.42 Å². The zero-order valence-corrected chi connectivity index (χ0v) is 13.1. The second-order valence-electron chi connectivity index (χ2n) is 5.53. The zero-order valence-electron chi connectivity index (χ0n) is 12.3. The fraction of sp³-hybridized carbons (Fsp3) is 0.533. The summed E-state index contributed by atoms with van der Waals surface area (Å²) in [5.41, 5.74) is 6.58. The van der Waals surface area contributed by atoms with Gasteiger partial charge in [-0.25, -0.2) is 0 Å². The molecule has 0 bridgehead atoms. The van der Waals surface area contributed by atoms with Gasteiger partial charge < -0.3 is 16.2 Å². The van der Waals surface area contributed by atoms with Crippen molar-refractivity contribution in [2.45, 2.75) is 51.3 Å². The number of halogens is 1. The Labute approximate surface area is 127 Å². The number of amides is 1. The van der Waals surface area contributed by atoms with Crippen molar-refractivity contribution >= 4 is 18.3 Å². The Morgan fingerprint density at radius 1 is 1.35 bits per heavy atom. The van der Waals surface area contributed by atoms with Crippen LogP contribution in [0.4, 0.5) is 0 Å². The molecular weight excluding hydrogens is 276 g/mol. The van der Waals surface area contributed by atoms with Gasteiger partial charge in [-0.05, 0) is 32.3 Å². The molecule has 114 valence electrons. The summed E-state index contributed by atoms with van der Waals surface area (Å²) in [6.45, 7) is 5.82. The number of benzene rings is 1. The van der Waals surface area contributed by atoms with Crippen LogP contribution in [-0.4, -0.2) is 28.7 Å². The van der Waals surface area contributed by atoms with Crippen LogP contribution in [0.3, 0.4) is 0 Å². The summed E-state index contributed by atoms with van der Waals surface area (Å²) in [6, 6.07) is 9.00. The van der Waals surface area contributed by atoms with Gasteiger partial charge in [0.2, 0.25) is 0 Å². The highest BCUT2D eigenvalue weighted by Crippen LogP contribution is 2.09. The van der Waals surface area contributed by atoms with Gasteiger partial charge in [-0.3, -0.25) is 4.79 Å². The molecule has 1 rings (SSSR count). The van der Waals surface area contributed by atoms with E-state index in [1.165, 1.54) is 0 Å². The molecule has 2 atom stereocenters. The molecule has 1 aromatic carbocycles. The number of carbonyl (C=O) groups excluding carboxylic acids is 1. The first-order valence-electron chi connectivity index (χ1n) is 6.65. The number of nitrogens with one attached hydrogen (secondary N) is 1. The molecule has 4 N–H and O–H groups in total. The van der Waals surface area contributed by atoms with Crippen molar-refractivity contribution in [2.24, 2.45) is 5.73 Å². The van der Waals surface area contributed by atoms with E-state index in [4.69, 9.17) is 5.73 Å². The van der Waals surface area contributed by atoms with E-state index in [-0.39, 0.29) is 17.9 Å². The highest BCUT2D eigenvalue weighted by atomic mass is 35.5. The van der Waals surface area contributed by atoms with Gasteiger partial charge in [0.1, 0.15) is 6.10 Å². The third-order valence-electron chi connectivity index (χ3n) is 3.33. The summed E-state index contributed by atoms with van der Waals surface area (Å²) in [5.74, 6) is -0.407. The first-order valence-corrected chi connectivity index (χ1v) is 6.65. The number of nitrogens with two attached hydrogens (primary N) is 1. The minimum Gasteiger partial charge on any atom is -0.382 e. The molecule has 0 aliphatic carbocycles. The molecule has 0 saturated carbocycles. The zero-order chi connectivity index (χ0) is 14.5. The number of hydrogen-bond donors (Lipinski definition) is 3. The van der Waals surface area contributed by atoms with Crippen molar-refractivity contribution in [3.05, 3.63) is 35.9 Å². The van der Waals surface area contributed by atoms with Crippen LogP contribution in [0.25, 0.3) is 0 Å². The Balaban J connectivity index is 0.00000361. The van der Waals surface area contributed by atoms with Crippen molar-refractivity contribution in [2.75, 3.05) is 0 Å².